The van der Waals surface area contributed by atoms with Crippen molar-refractivity contribution < 1.29 is 14.3 Å². The van der Waals surface area contributed by atoms with Gasteiger partial charge in [0.2, 0.25) is 5.91 Å². The highest BCUT2D eigenvalue weighted by Crippen LogP contribution is 2.18. The maximum absolute atomic E-state index is 12.0. The van der Waals surface area contributed by atoms with E-state index in [1.807, 2.05) is 24.3 Å². The molecule has 1 aliphatic heterocycles. The van der Waals surface area contributed by atoms with E-state index in [0.717, 1.165) is 10.0 Å². The summed E-state index contributed by atoms with van der Waals surface area (Å²) in [5.41, 5.74) is 0.955. The van der Waals surface area contributed by atoms with E-state index in [2.05, 4.69) is 15.9 Å². The summed E-state index contributed by atoms with van der Waals surface area (Å²) in [6.45, 7) is 1.04. The Kier molecular flexibility index (Phi) is 4.95. The molecular weight excluding hydrogens is 322 g/mol. The first kappa shape index (κ1) is 14.8. The number of likely N-dealkylation sites (tertiary alicyclic amines) is 1. The first-order chi connectivity index (χ1) is 9.60. The molecule has 2 rings (SSSR count). The molecule has 1 fully saturated rings. The molecular formula is C15H16BrNO3. The van der Waals surface area contributed by atoms with Gasteiger partial charge in [-0.25, -0.2) is 0 Å². The number of hydrogen-bond donors (Lipinski definition) is 0. The third kappa shape index (κ3) is 3.70. The van der Waals surface area contributed by atoms with Crippen LogP contribution in [0.4, 0.5) is 0 Å². The van der Waals surface area contributed by atoms with Crippen LogP contribution in [0.2, 0.25) is 0 Å². The maximum atomic E-state index is 12.0. The van der Waals surface area contributed by atoms with Gasteiger partial charge in [0.25, 0.3) is 0 Å². The molecule has 0 radical (unpaired) electrons. The highest BCUT2D eigenvalue weighted by atomic mass is 79.9. The molecule has 0 aromatic heterocycles. The Morgan fingerprint density at radius 2 is 2.25 bits per heavy atom. The molecule has 20 heavy (non-hydrogen) atoms. The Morgan fingerprint density at radius 1 is 1.45 bits per heavy atom. The van der Waals surface area contributed by atoms with E-state index >= 15 is 0 Å². The fourth-order valence-electron chi connectivity index (χ4n) is 2.20. The smallest absolute Gasteiger partial charge is 0.310 e. The topological polar surface area (TPSA) is 46.6 Å². The van der Waals surface area contributed by atoms with Crippen molar-refractivity contribution in [2.24, 2.45) is 5.92 Å². The van der Waals surface area contributed by atoms with Gasteiger partial charge in [0, 0.05) is 23.6 Å². The molecule has 106 valence electrons. The van der Waals surface area contributed by atoms with Crippen LogP contribution in [0.5, 0.6) is 0 Å². The highest BCUT2D eigenvalue weighted by molar-refractivity contribution is 9.10. The molecule has 1 aromatic carbocycles. The van der Waals surface area contributed by atoms with Crippen LogP contribution in [0.25, 0.3) is 6.08 Å². The fraction of sp³-hybridized carbons (Fsp3) is 0.333. The maximum Gasteiger partial charge on any atom is 0.310 e. The third-order valence-corrected chi connectivity index (χ3v) is 3.79. The number of benzene rings is 1. The molecule has 5 heteroatoms. The number of methoxy groups -OCH3 is 1. The normalized spacial score (nSPS) is 18.5. The van der Waals surface area contributed by atoms with Gasteiger partial charge in [-0.3, -0.25) is 9.59 Å². The first-order valence-electron chi connectivity index (χ1n) is 6.40. The van der Waals surface area contributed by atoms with E-state index in [1.165, 1.54) is 7.11 Å². The minimum absolute atomic E-state index is 0.0728. The average Bonchev–Trinajstić information content (AvgIpc) is 2.94. The fourth-order valence-corrected chi connectivity index (χ4v) is 2.62. The van der Waals surface area contributed by atoms with Crippen LogP contribution in [0.1, 0.15) is 12.0 Å². The van der Waals surface area contributed by atoms with Crippen LogP contribution >= 0.6 is 15.9 Å². The van der Waals surface area contributed by atoms with E-state index in [1.54, 1.807) is 17.1 Å². The molecule has 1 saturated heterocycles. The molecule has 4 nitrogen and oxygen atoms in total. The average molecular weight is 338 g/mol. The van der Waals surface area contributed by atoms with Crippen LogP contribution in [-0.2, 0) is 14.3 Å². The standard InChI is InChI=1S/C15H16BrNO3/c1-20-15(19)12-7-8-17(10-12)14(18)6-5-11-3-2-4-13(16)9-11/h2-6,9,12H,7-8,10H2,1H3/b6-5+. The molecule has 1 aromatic rings. The van der Waals surface area contributed by atoms with Crippen molar-refractivity contribution >= 4 is 33.9 Å². The summed E-state index contributed by atoms with van der Waals surface area (Å²) in [6, 6.07) is 7.71. The predicted molar refractivity (Wildman–Crippen MR) is 79.9 cm³/mol. The summed E-state index contributed by atoms with van der Waals surface area (Å²) in [6.07, 6.45) is 3.99. The van der Waals surface area contributed by atoms with E-state index in [9.17, 15) is 9.59 Å². The van der Waals surface area contributed by atoms with Crippen LogP contribution in [0, 0.1) is 5.92 Å². The lowest BCUT2D eigenvalue weighted by Gasteiger charge is -2.13. The largest absolute Gasteiger partial charge is 0.469 e. The van der Waals surface area contributed by atoms with Gasteiger partial charge in [-0.1, -0.05) is 28.1 Å². The molecule has 0 saturated carbocycles. The minimum atomic E-state index is -0.240. The Morgan fingerprint density at radius 3 is 2.95 bits per heavy atom. The number of hydrogen-bond acceptors (Lipinski definition) is 3. The number of rotatable bonds is 3. The van der Waals surface area contributed by atoms with Gasteiger partial charge in [0.1, 0.15) is 0 Å². The number of nitrogens with zero attached hydrogens (tertiary/aromatic N) is 1. The van der Waals surface area contributed by atoms with E-state index in [0.29, 0.717) is 19.5 Å². The molecule has 0 spiro atoms. The molecule has 1 atom stereocenters. The minimum Gasteiger partial charge on any atom is -0.469 e. The first-order valence-corrected chi connectivity index (χ1v) is 7.20. The Labute approximate surface area is 126 Å². The zero-order valence-corrected chi connectivity index (χ0v) is 12.8. The van der Waals surface area contributed by atoms with Gasteiger partial charge in [0.15, 0.2) is 0 Å². The quantitative estimate of drug-likeness (QED) is 0.628. The number of carbonyl (C=O) groups is 2. The van der Waals surface area contributed by atoms with Crippen molar-refractivity contribution in [3.8, 4) is 0 Å². The number of amides is 1. The number of ether oxygens (including phenoxy) is 1. The summed E-state index contributed by atoms with van der Waals surface area (Å²) < 4.78 is 5.68. The van der Waals surface area contributed by atoms with Gasteiger partial charge < -0.3 is 9.64 Å². The van der Waals surface area contributed by atoms with Crippen LogP contribution in [0.3, 0.4) is 0 Å². The number of halogens is 1. The summed E-state index contributed by atoms with van der Waals surface area (Å²) >= 11 is 3.39. The van der Waals surface area contributed by atoms with Crippen molar-refractivity contribution in [2.45, 2.75) is 6.42 Å². The Balaban J connectivity index is 1.94. The van der Waals surface area contributed by atoms with E-state index in [-0.39, 0.29) is 17.8 Å². The second-order valence-corrected chi connectivity index (χ2v) is 5.60. The molecule has 1 unspecified atom stereocenters. The lowest BCUT2D eigenvalue weighted by atomic mass is 10.1. The second kappa shape index (κ2) is 6.70. The summed E-state index contributed by atoms with van der Waals surface area (Å²) in [4.78, 5) is 25.1. The van der Waals surface area contributed by atoms with E-state index in [4.69, 9.17) is 4.74 Å². The molecule has 0 N–H and O–H groups in total. The van der Waals surface area contributed by atoms with Crippen molar-refractivity contribution in [2.75, 3.05) is 20.2 Å². The molecule has 1 aliphatic rings. The Bertz CT molecular complexity index is 542. The third-order valence-electron chi connectivity index (χ3n) is 3.30. The zero-order valence-electron chi connectivity index (χ0n) is 11.2. The van der Waals surface area contributed by atoms with Crippen LogP contribution in [0.15, 0.2) is 34.8 Å². The summed E-state index contributed by atoms with van der Waals surface area (Å²) in [5.74, 6) is -0.504. The van der Waals surface area contributed by atoms with Crippen molar-refractivity contribution in [1.82, 2.24) is 4.90 Å². The summed E-state index contributed by atoms with van der Waals surface area (Å²) in [5, 5.41) is 0. The van der Waals surface area contributed by atoms with Crippen molar-refractivity contribution in [1.29, 1.82) is 0 Å². The number of esters is 1. The van der Waals surface area contributed by atoms with Gasteiger partial charge in [0.05, 0.1) is 13.0 Å². The molecule has 0 aliphatic carbocycles. The lowest BCUT2D eigenvalue weighted by molar-refractivity contribution is -0.145. The molecule has 1 heterocycles. The number of carbonyl (C=O) groups excluding carboxylic acids is 2. The highest BCUT2D eigenvalue weighted by Gasteiger charge is 2.30. The van der Waals surface area contributed by atoms with Crippen LogP contribution < -0.4 is 0 Å². The van der Waals surface area contributed by atoms with Gasteiger partial charge >= 0.3 is 5.97 Å². The lowest BCUT2D eigenvalue weighted by Crippen LogP contribution is -2.28. The van der Waals surface area contributed by atoms with Gasteiger partial charge in [-0.15, -0.1) is 0 Å². The van der Waals surface area contributed by atoms with Gasteiger partial charge in [-0.2, -0.15) is 0 Å². The molecule has 1 amide bonds. The SMILES string of the molecule is COC(=O)C1CCN(C(=O)/C=C/c2cccc(Br)c2)C1. The van der Waals surface area contributed by atoms with Crippen molar-refractivity contribution in [3.05, 3.63) is 40.4 Å². The van der Waals surface area contributed by atoms with E-state index < -0.39 is 0 Å². The summed E-state index contributed by atoms with van der Waals surface area (Å²) in [7, 11) is 1.37. The zero-order chi connectivity index (χ0) is 14.5. The second-order valence-electron chi connectivity index (χ2n) is 4.68. The monoisotopic (exact) mass is 337 g/mol. The molecule has 0 bridgehead atoms. The Hall–Kier alpha value is -1.62. The van der Waals surface area contributed by atoms with Gasteiger partial charge in [-0.05, 0) is 30.2 Å². The predicted octanol–water partition coefficient (Wildman–Crippen LogP) is 2.48. The van der Waals surface area contributed by atoms with Crippen LogP contribution in [-0.4, -0.2) is 37.0 Å². The van der Waals surface area contributed by atoms with Crippen molar-refractivity contribution in [3.63, 3.8) is 0 Å².